The molecule has 0 N–H and O–H groups in total. The van der Waals surface area contributed by atoms with Crippen molar-refractivity contribution in [2.24, 2.45) is 0 Å². The van der Waals surface area contributed by atoms with E-state index in [0.717, 1.165) is 42.6 Å². The fraction of sp³-hybridized carbons (Fsp3) is 0.368. The van der Waals surface area contributed by atoms with Crippen LogP contribution in [0.5, 0.6) is 0 Å². The number of ether oxygens (including phenoxy) is 1. The summed E-state index contributed by atoms with van der Waals surface area (Å²) in [6.45, 7) is 5.96. The van der Waals surface area contributed by atoms with Gasteiger partial charge in [0.25, 0.3) is 0 Å². The fourth-order valence-corrected chi connectivity index (χ4v) is 3.31. The van der Waals surface area contributed by atoms with Crippen LogP contribution in [0.15, 0.2) is 35.7 Å². The molecule has 1 aromatic heterocycles. The topological polar surface area (TPSA) is 45.7 Å². The lowest BCUT2D eigenvalue weighted by atomic mass is 10.1. The number of carbonyl (C=O) groups is 1. The molecule has 2 aromatic rings. The molecule has 1 aliphatic rings. The van der Waals surface area contributed by atoms with E-state index in [-0.39, 0.29) is 5.91 Å². The average molecular weight is 357 g/mol. The van der Waals surface area contributed by atoms with E-state index in [0.29, 0.717) is 6.54 Å². The molecule has 0 spiro atoms. The molecular weight excluding hydrogens is 334 g/mol. The molecule has 0 saturated carbocycles. The first-order valence-electron chi connectivity index (χ1n) is 8.39. The van der Waals surface area contributed by atoms with Gasteiger partial charge in [0.1, 0.15) is 0 Å². The third-order valence-electron chi connectivity index (χ3n) is 4.14. The molecule has 6 heteroatoms. The maximum absolute atomic E-state index is 12.2. The largest absolute Gasteiger partial charge is 0.378 e. The van der Waals surface area contributed by atoms with E-state index in [1.165, 1.54) is 5.69 Å². The van der Waals surface area contributed by atoms with Crippen LogP contribution in [0.1, 0.15) is 16.3 Å². The zero-order valence-corrected chi connectivity index (χ0v) is 15.5. The van der Waals surface area contributed by atoms with Gasteiger partial charge in [-0.3, -0.25) is 4.79 Å². The van der Waals surface area contributed by atoms with E-state index in [1.807, 2.05) is 19.4 Å². The molecule has 1 aliphatic heterocycles. The molecule has 132 valence electrons. The Balaban J connectivity index is 1.55. The number of nitrogens with zero attached hydrogens (tertiary/aromatic N) is 3. The van der Waals surface area contributed by atoms with Crippen LogP contribution in [0.3, 0.4) is 0 Å². The second-order valence-corrected chi connectivity index (χ2v) is 7.15. The van der Waals surface area contributed by atoms with E-state index >= 15 is 0 Å². The summed E-state index contributed by atoms with van der Waals surface area (Å²) in [5.74, 6) is -0.0251. The highest BCUT2D eigenvalue weighted by atomic mass is 32.1. The third-order valence-corrected chi connectivity index (χ3v) is 4.93. The number of anilines is 1. The highest BCUT2D eigenvalue weighted by molar-refractivity contribution is 7.09. The van der Waals surface area contributed by atoms with Gasteiger partial charge in [0.2, 0.25) is 5.91 Å². The summed E-state index contributed by atoms with van der Waals surface area (Å²) in [5, 5.41) is 2.95. The van der Waals surface area contributed by atoms with Gasteiger partial charge in [0, 0.05) is 43.8 Å². The van der Waals surface area contributed by atoms with E-state index in [2.05, 4.69) is 34.1 Å². The van der Waals surface area contributed by atoms with Gasteiger partial charge < -0.3 is 14.5 Å². The molecule has 0 unspecified atom stereocenters. The van der Waals surface area contributed by atoms with Crippen molar-refractivity contribution in [3.05, 3.63) is 52.0 Å². The van der Waals surface area contributed by atoms with Crippen LogP contribution in [0.4, 0.5) is 5.69 Å². The van der Waals surface area contributed by atoms with Crippen molar-refractivity contribution >= 4 is 29.0 Å². The van der Waals surface area contributed by atoms with Gasteiger partial charge in [-0.2, -0.15) is 0 Å². The van der Waals surface area contributed by atoms with Crippen molar-refractivity contribution in [2.45, 2.75) is 13.5 Å². The minimum atomic E-state index is -0.0251. The lowest BCUT2D eigenvalue weighted by Crippen LogP contribution is -2.36. The zero-order valence-electron chi connectivity index (χ0n) is 14.6. The molecular formula is C19H23N3O2S. The quantitative estimate of drug-likeness (QED) is 0.772. The molecule has 1 saturated heterocycles. The Labute approximate surface area is 152 Å². The van der Waals surface area contributed by atoms with E-state index in [1.54, 1.807) is 28.4 Å². The van der Waals surface area contributed by atoms with Crippen molar-refractivity contribution in [1.82, 2.24) is 9.88 Å². The Morgan fingerprint density at radius 2 is 2.04 bits per heavy atom. The number of benzene rings is 1. The molecule has 0 aliphatic carbocycles. The highest BCUT2D eigenvalue weighted by Gasteiger charge is 2.11. The Morgan fingerprint density at radius 1 is 1.32 bits per heavy atom. The minimum Gasteiger partial charge on any atom is -0.378 e. The van der Waals surface area contributed by atoms with Crippen molar-refractivity contribution in [3.63, 3.8) is 0 Å². The van der Waals surface area contributed by atoms with Crippen LogP contribution in [0.2, 0.25) is 0 Å². The number of aryl methyl sites for hydroxylation is 1. The number of likely N-dealkylation sites (N-methyl/N-ethyl adjacent to an activating group) is 1. The highest BCUT2D eigenvalue weighted by Crippen LogP contribution is 2.17. The molecule has 5 nitrogen and oxygen atoms in total. The van der Waals surface area contributed by atoms with Crippen molar-refractivity contribution in [3.8, 4) is 0 Å². The predicted octanol–water partition coefficient (Wildman–Crippen LogP) is 2.96. The molecule has 1 amide bonds. The standard InChI is InChI=1S/C19H23N3O2S/c1-15-20-17(14-25-15)5-8-19(23)21(2)13-16-3-6-18(7-4-16)22-9-11-24-12-10-22/h3-8,14H,9-13H2,1-2H3/b8-5+. The number of amides is 1. The molecule has 0 radical (unpaired) electrons. The Morgan fingerprint density at radius 3 is 2.68 bits per heavy atom. The lowest BCUT2D eigenvalue weighted by Gasteiger charge is -2.29. The Hall–Kier alpha value is -2.18. The number of morpholine rings is 1. The molecule has 0 atom stereocenters. The maximum Gasteiger partial charge on any atom is 0.246 e. The van der Waals surface area contributed by atoms with Crippen molar-refractivity contribution in [1.29, 1.82) is 0 Å². The normalized spacial score (nSPS) is 14.9. The summed E-state index contributed by atoms with van der Waals surface area (Å²) in [5.41, 5.74) is 3.16. The van der Waals surface area contributed by atoms with Gasteiger partial charge in [-0.15, -0.1) is 11.3 Å². The number of hydrogen-bond donors (Lipinski definition) is 0. The Bertz CT molecular complexity index is 733. The summed E-state index contributed by atoms with van der Waals surface area (Å²) in [7, 11) is 1.81. The molecule has 2 heterocycles. The monoisotopic (exact) mass is 357 g/mol. The lowest BCUT2D eigenvalue weighted by molar-refractivity contribution is -0.125. The summed E-state index contributed by atoms with van der Waals surface area (Å²) in [6, 6.07) is 8.41. The van der Waals surface area contributed by atoms with Gasteiger partial charge in [0.15, 0.2) is 0 Å². The Kier molecular flexibility index (Phi) is 5.83. The second-order valence-electron chi connectivity index (χ2n) is 6.08. The first-order valence-corrected chi connectivity index (χ1v) is 9.27. The number of aromatic nitrogens is 1. The van der Waals surface area contributed by atoms with E-state index < -0.39 is 0 Å². The SMILES string of the molecule is Cc1nc(/C=C/C(=O)N(C)Cc2ccc(N3CCOCC3)cc2)cs1. The minimum absolute atomic E-state index is 0.0251. The first-order chi connectivity index (χ1) is 12.1. The van der Waals surface area contributed by atoms with Gasteiger partial charge >= 0.3 is 0 Å². The zero-order chi connectivity index (χ0) is 17.6. The number of thiazole rings is 1. The number of carbonyl (C=O) groups excluding carboxylic acids is 1. The smallest absolute Gasteiger partial charge is 0.246 e. The maximum atomic E-state index is 12.2. The summed E-state index contributed by atoms with van der Waals surface area (Å²) >= 11 is 1.58. The van der Waals surface area contributed by atoms with Crippen LogP contribution in [-0.2, 0) is 16.1 Å². The molecule has 3 rings (SSSR count). The molecule has 1 aromatic carbocycles. The van der Waals surface area contributed by atoms with Crippen molar-refractivity contribution in [2.75, 3.05) is 38.3 Å². The van der Waals surface area contributed by atoms with Crippen LogP contribution >= 0.6 is 11.3 Å². The van der Waals surface area contributed by atoms with Gasteiger partial charge in [0.05, 0.1) is 23.9 Å². The summed E-state index contributed by atoms with van der Waals surface area (Å²) < 4.78 is 5.38. The van der Waals surface area contributed by atoms with E-state index in [4.69, 9.17) is 4.74 Å². The number of hydrogen-bond acceptors (Lipinski definition) is 5. The van der Waals surface area contributed by atoms with Crippen LogP contribution in [0, 0.1) is 6.92 Å². The van der Waals surface area contributed by atoms with Gasteiger partial charge in [-0.25, -0.2) is 4.98 Å². The van der Waals surface area contributed by atoms with Gasteiger partial charge in [-0.1, -0.05) is 12.1 Å². The van der Waals surface area contributed by atoms with Gasteiger partial charge in [-0.05, 0) is 30.7 Å². The van der Waals surface area contributed by atoms with Crippen molar-refractivity contribution < 1.29 is 9.53 Å². The second kappa shape index (κ2) is 8.27. The molecule has 25 heavy (non-hydrogen) atoms. The van der Waals surface area contributed by atoms with E-state index in [9.17, 15) is 4.79 Å². The van der Waals surface area contributed by atoms with Crippen LogP contribution < -0.4 is 4.90 Å². The fourth-order valence-electron chi connectivity index (χ4n) is 2.73. The van der Waals surface area contributed by atoms with Crippen LogP contribution in [0.25, 0.3) is 6.08 Å². The molecule has 0 bridgehead atoms. The predicted molar refractivity (Wildman–Crippen MR) is 102 cm³/mol. The van der Waals surface area contributed by atoms with Crippen LogP contribution in [-0.4, -0.2) is 49.1 Å². The average Bonchev–Trinajstić information content (AvgIpc) is 3.06. The third kappa shape index (κ3) is 4.90. The first kappa shape index (κ1) is 17.6. The number of rotatable bonds is 5. The summed E-state index contributed by atoms with van der Waals surface area (Å²) in [4.78, 5) is 20.6. The summed E-state index contributed by atoms with van der Waals surface area (Å²) in [6.07, 6.45) is 3.35. The molecule has 1 fully saturated rings.